The summed E-state index contributed by atoms with van der Waals surface area (Å²) in [6.45, 7) is 1.61. The number of anilines is 1. The molecule has 1 aliphatic heterocycles. The van der Waals surface area contributed by atoms with Crippen LogP contribution in [0.2, 0.25) is 0 Å². The van der Waals surface area contributed by atoms with E-state index in [2.05, 4.69) is 38.8 Å². The number of carbonyl (C=O) groups is 1. The molecule has 5 heteroatoms. The van der Waals surface area contributed by atoms with Crippen molar-refractivity contribution in [3.63, 3.8) is 0 Å². The van der Waals surface area contributed by atoms with Crippen molar-refractivity contribution in [1.82, 2.24) is 0 Å². The topological polar surface area (TPSA) is 33.5 Å². The monoisotopic (exact) mass is 365 g/mol. The lowest BCUT2D eigenvalue weighted by Crippen LogP contribution is -3.11. The number of carbonyl (C=O) groups excluding carboxylic acids is 1. The maximum atomic E-state index is 12.3. The molecule has 0 saturated carbocycles. The lowest BCUT2D eigenvalue weighted by molar-refractivity contribution is -0.910. The molecule has 3 rings (SSSR count). The third-order valence-electron chi connectivity index (χ3n) is 3.87. The van der Waals surface area contributed by atoms with E-state index in [0.29, 0.717) is 12.6 Å². The minimum Gasteiger partial charge on any atom is -0.321 e. The Labute approximate surface area is 137 Å². The Morgan fingerprint density at radius 2 is 2.29 bits per heavy atom. The lowest BCUT2D eigenvalue weighted by atomic mass is 10.2. The second-order valence-corrected chi connectivity index (χ2v) is 7.25. The van der Waals surface area contributed by atoms with Gasteiger partial charge in [-0.1, -0.05) is 28.1 Å². The zero-order chi connectivity index (χ0) is 14.7. The Morgan fingerprint density at radius 3 is 3.05 bits per heavy atom. The molecule has 1 aliphatic rings. The second kappa shape index (κ2) is 6.73. The van der Waals surface area contributed by atoms with Crippen LogP contribution in [0.5, 0.6) is 0 Å². The fraction of sp³-hybridized carbons (Fsp3) is 0.312. The number of hydrogen-bond acceptors (Lipinski definition) is 2. The molecule has 0 bridgehead atoms. The van der Waals surface area contributed by atoms with Crippen LogP contribution in [-0.2, 0) is 4.79 Å². The summed E-state index contributed by atoms with van der Waals surface area (Å²) in [5, 5.41) is 5.11. The quantitative estimate of drug-likeness (QED) is 0.857. The van der Waals surface area contributed by atoms with Gasteiger partial charge in [0, 0.05) is 23.0 Å². The van der Waals surface area contributed by atoms with E-state index in [0.717, 1.165) is 16.7 Å². The van der Waals surface area contributed by atoms with Crippen LogP contribution in [0, 0.1) is 0 Å². The van der Waals surface area contributed by atoms with E-state index >= 15 is 0 Å². The van der Waals surface area contributed by atoms with Crippen LogP contribution < -0.4 is 10.2 Å². The first-order valence-corrected chi connectivity index (χ1v) is 8.83. The standard InChI is InChI=1S/C16H17BrN2OS/c17-12-4-1-5-13(10-12)18-16(20)11-19-8-2-6-14(19)15-7-3-9-21-15/h1,3-5,7,9-10,14H,2,6,8,11H2,(H,18,20)/p+1/t14-/m0/s1. The Morgan fingerprint density at radius 1 is 1.38 bits per heavy atom. The highest BCUT2D eigenvalue weighted by Gasteiger charge is 2.32. The summed E-state index contributed by atoms with van der Waals surface area (Å²) in [6, 6.07) is 12.5. The third-order valence-corrected chi connectivity index (χ3v) is 5.35. The molecule has 21 heavy (non-hydrogen) atoms. The van der Waals surface area contributed by atoms with Gasteiger partial charge in [0.2, 0.25) is 0 Å². The number of rotatable bonds is 4. The van der Waals surface area contributed by atoms with Crippen molar-refractivity contribution in [2.75, 3.05) is 18.4 Å². The summed E-state index contributed by atoms with van der Waals surface area (Å²) in [5.41, 5.74) is 0.848. The molecule has 3 nitrogen and oxygen atoms in total. The Bertz CT molecular complexity index is 614. The molecule has 2 atom stereocenters. The molecule has 1 saturated heterocycles. The Hall–Kier alpha value is -1.17. The van der Waals surface area contributed by atoms with E-state index in [-0.39, 0.29) is 5.91 Å². The minimum absolute atomic E-state index is 0.0894. The molecule has 1 amide bonds. The van der Waals surface area contributed by atoms with Crippen LogP contribution in [0.15, 0.2) is 46.3 Å². The SMILES string of the molecule is O=C(C[NH+]1CCC[C@H]1c1cccs1)Nc1cccc(Br)c1. The van der Waals surface area contributed by atoms with E-state index in [1.807, 2.05) is 24.3 Å². The number of thiophene rings is 1. The van der Waals surface area contributed by atoms with Crippen LogP contribution in [0.25, 0.3) is 0 Å². The van der Waals surface area contributed by atoms with Crippen molar-refractivity contribution < 1.29 is 9.69 Å². The minimum atomic E-state index is 0.0894. The molecule has 1 aromatic carbocycles. The molecule has 1 fully saturated rings. The zero-order valence-corrected chi connectivity index (χ0v) is 14.0. The summed E-state index contributed by atoms with van der Waals surface area (Å²) < 4.78 is 0.977. The van der Waals surface area contributed by atoms with Crippen molar-refractivity contribution in [3.8, 4) is 0 Å². The summed E-state index contributed by atoms with van der Waals surface area (Å²) in [4.78, 5) is 15.0. The first kappa shape index (κ1) is 14.8. The number of amides is 1. The van der Waals surface area contributed by atoms with Gasteiger partial charge >= 0.3 is 0 Å². The van der Waals surface area contributed by atoms with E-state index in [9.17, 15) is 4.79 Å². The van der Waals surface area contributed by atoms with Gasteiger partial charge in [0.15, 0.2) is 6.54 Å². The second-order valence-electron chi connectivity index (χ2n) is 5.35. The van der Waals surface area contributed by atoms with Crippen LogP contribution in [0.3, 0.4) is 0 Å². The molecule has 110 valence electrons. The molecule has 2 aromatic rings. The molecule has 2 heterocycles. The lowest BCUT2D eigenvalue weighted by Gasteiger charge is -2.20. The van der Waals surface area contributed by atoms with Gasteiger partial charge in [-0.2, -0.15) is 0 Å². The maximum absolute atomic E-state index is 12.3. The number of quaternary nitrogens is 1. The normalized spacial score (nSPS) is 21.4. The average molecular weight is 366 g/mol. The number of hydrogen-bond donors (Lipinski definition) is 2. The summed E-state index contributed by atoms with van der Waals surface area (Å²) in [6.07, 6.45) is 2.38. The predicted molar refractivity (Wildman–Crippen MR) is 89.8 cm³/mol. The molecular weight excluding hydrogens is 348 g/mol. The number of nitrogens with one attached hydrogen (secondary N) is 2. The van der Waals surface area contributed by atoms with Crippen LogP contribution in [-0.4, -0.2) is 19.0 Å². The highest BCUT2D eigenvalue weighted by molar-refractivity contribution is 9.10. The number of benzene rings is 1. The van der Waals surface area contributed by atoms with Crippen molar-refractivity contribution in [2.45, 2.75) is 18.9 Å². The van der Waals surface area contributed by atoms with Crippen LogP contribution in [0.1, 0.15) is 23.8 Å². The summed E-state index contributed by atoms with van der Waals surface area (Å²) in [5.74, 6) is 0.0894. The fourth-order valence-corrected chi connectivity index (χ4v) is 4.25. The van der Waals surface area contributed by atoms with Crippen molar-refractivity contribution >= 4 is 38.9 Å². The van der Waals surface area contributed by atoms with Gasteiger partial charge in [0.25, 0.3) is 5.91 Å². The van der Waals surface area contributed by atoms with Crippen molar-refractivity contribution in [3.05, 3.63) is 51.1 Å². The average Bonchev–Trinajstić information content (AvgIpc) is 3.08. The molecule has 1 unspecified atom stereocenters. The highest BCUT2D eigenvalue weighted by Crippen LogP contribution is 2.23. The summed E-state index contributed by atoms with van der Waals surface area (Å²) >= 11 is 5.22. The molecule has 0 spiro atoms. The van der Waals surface area contributed by atoms with Crippen molar-refractivity contribution in [1.29, 1.82) is 0 Å². The van der Waals surface area contributed by atoms with Gasteiger partial charge in [-0.25, -0.2) is 0 Å². The molecule has 0 radical (unpaired) electrons. The van der Waals surface area contributed by atoms with Gasteiger partial charge in [-0.05, 0) is 29.6 Å². The largest absolute Gasteiger partial charge is 0.321 e. The van der Waals surface area contributed by atoms with E-state index in [1.54, 1.807) is 11.3 Å². The molecule has 0 aliphatic carbocycles. The van der Waals surface area contributed by atoms with Crippen molar-refractivity contribution in [2.24, 2.45) is 0 Å². The third kappa shape index (κ3) is 3.73. The first-order valence-electron chi connectivity index (χ1n) is 7.16. The van der Waals surface area contributed by atoms with Crippen LogP contribution in [0.4, 0.5) is 5.69 Å². The van der Waals surface area contributed by atoms with Gasteiger partial charge in [-0.3, -0.25) is 4.79 Å². The first-order chi connectivity index (χ1) is 10.2. The van der Waals surface area contributed by atoms with Gasteiger partial charge < -0.3 is 10.2 Å². The van der Waals surface area contributed by atoms with E-state index in [4.69, 9.17) is 0 Å². The Kier molecular flexibility index (Phi) is 4.73. The molecule has 2 N–H and O–H groups in total. The fourth-order valence-electron chi connectivity index (χ4n) is 2.93. The highest BCUT2D eigenvalue weighted by atomic mass is 79.9. The van der Waals surface area contributed by atoms with Crippen LogP contribution >= 0.6 is 27.3 Å². The number of halogens is 1. The van der Waals surface area contributed by atoms with Gasteiger partial charge in [-0.15, -0.1) is 11.3 Å². The number of likely N-dealkylation sites (tertiary alicyclic amines) is 1. The smallest absolute Gasteiger partial charge is 0.279 e. The molecule has 1 aromatic heterocycles. The maximum Gasteiger partial charge on any atom is 0.279 e. The van der Waals surface area contributed by atoms with E-state index < -0.39 is 0 Å². The van der Waals surface area contributed by atoms with E-state index in [1.165, 1.54) is 22.6 Å². The van der Waals surface area contributed by atoms with Gasteiger partial charge in [0.1, 0.15) is 6.04 Å². The summed E-state index contributed by atoms with van der Waals surface area (Å²) in [7, 11) is 0. The predicted octanol–water partition coefficient (Wildman–Crippen LogP) is 2.87. The zero-order valence-electron chi connectivity index (χ0n) is 11.6. The molecular formula is C16H18BrN2OS+. The Balaban J connectivity index is 1.62. The van der Waals surface area contributed by atoms with Gasteiger partial charge in [0.05, 0.1) is 11.4 Å².